The molecule has 2 atom stereocenters. The van der Waals surface area contributed by atoms with E-state index in [1.807, 2.05) is 32.0 Å². The van der Waals surface area contributed by atoms with Gasteiger partial charge in [-0.15, -0.1) is 0 Å². The Morgan fingerprint density at radius 1 is 1.09 bits per heavy atom. The molecule has 0 spiro atoms. The molecule has 0 aliphatic rings. The van der Waals surface area contributed by atoms with Crippen molar-refractivity contribution in [3.05, 3.63) is 35.4 Å². The maximum atomic E-state index is 13.9. The molecule has 0 aliphatic heterocycles. The molecule has 0 radical (unpaired) electrons. The second kappa shape index (κ2) is 12.6. The quantitative estimate of drug-likeness (QED) is 0.433. The number of benzene rings is 1. The van der Waals surface area contributed by atoms with Gasteiger partial charge in [-0.05, 0) is 60.5 Å². The number of carbonyl (C=O) groups excluding carboxylic acids is 4. The van der Waals surface area contributed by atoms with E-state index in [2.05, 4.69) is 10.6 Å². The van der Waals surface area contributed by atoms with Gasteiger partial charge in [0.2, 0.25) is 17.7 Å². The number of unbranched alkanes of at least 4 members (excludes halogenated alkanes) is 1. The van der Waals surface area contributed by atoms with Crippen molar-refractivity contribution >= 4 is 23.8 Å². The molecule has 0 bridgehead atoms. The van der Waals surface area contributed by atoms with Crippen molar-refractivity contribution in [2.75, 3.05) is 6.54 Å². The van der Waals surface area contributed by atoms with Crippen molar-refractivity contribution in [2.45, 2.75) is 97.9 Å². The maximum Gasteiger partial charge on any atom is 0.408 e. The van der Waals surface area contributed by atoms with Crippen molar-refractivity contribution in [3.8, 4) is 0 Å². The SMILES string of the molecule is CCCCNC(=O)C(c1cccc(C)c1)N(C(=O)C(CC(N)=O)NC(=O)OC(C)(C)C)C(C)(C)C. The second-order valence-corrected chi connectivity index (χ2v) is 10.7. The first-order valence-corrected chi connectivity index (χ1v) is 12.0. The van der Waals surface area contributed by atoms with Gasteiger partial charge in [-0.25, -0.2) is 4.79 Å². The Kier molecular flexibility index (Phi) is 10.7. The van der Waals surface area contributed by atoms with Crippen molar-refractivity contribution in [1.82, 2.24) is 15.5 Å². The predicted molar refractivity (Wildman–Crippen MR) is 135 cm³/mol. The van der Waals surface area contributed by atoms with Crippen molar-refractivity contribution in [2.24, 2.45) is 5.73 Å². The van der Waals surface area contributed by atoms with Crippen molar-refractivity contribution in [3.63, 3.8) is 0 Å². The first-order chi connectivity index (χ1) is 16.1. The van der Waals surface area contributed by atoms with Crippen LogP contribution in [0, 0.1) is 6.92 Å². The Labute approximate surface area is 209 Å². The van der Waals surface area contributed by atoms with Crippen LogP contribution in [0.3, 0.4) is 0 Å². The molecule has 9 heteroatoms. The fourth-order valence-corrected chi connectivity index (χ4v) is 3.61. The molecule has 0 heterocycles. The van der Waals surface area contributed by atoms with Crippen LogP contribution in [0.2, 0.25) is 0 Å². The van der Waals surface area contributed by atoms with E-state index in [0.29, 0.717) is 12.1 Å². The molecule has 0 aromatic heterocycles. The summed E-state index contributed by atoms with van der Waals surface area (Å²) in [4.78, 5) is 53.1. The van der Waals surface area contributed by atoms with Gasteiger partial charge in [-0.3, -0.25) is 14.4 Å². The summed E-state index contributed by atoms with van der Waals surface area (Å²) >= 11 is 0. The Morgan fingerprint density at radius 2 is 1.71 bits per heavy atom. The lowest BCUT2D eigenvalue weighted by atomic mass is 9.94. The fraction of sp³-hybridized carbons (Fsp3) is 0.615. The second-order valence-electron chi connectivity index (χ2n) is 10.7. The molecule has 0 aliphatic carbocycles. The summed E-state index contributed by atoms with van der Waals surface area (Å²) in [6.07, 6.45) is 0.395. The molecular formula is C26H42N4O5. The zero-order chi connectivity index (χ0) is 27.0. The minimum absolute atomic E-state index is 0.345. The maximum absolute atomic E-state index is 13.9. The fourth-order valence-electron chi connectivity index (χ4n) is 3.61. The third-order valence-electron chi connectivity index (χ3n) is 5.05. The van der Waals surface area contributed by atoms with Gasteiger partial charge in [0.1, 0.15) is 17.7 Å². The molecule has 0 fully saturated rings. The number of ether oxygens (including phenoxy) is 1. The van der Waals surface area contributed by atoms with Crippen LogP contribution >= 0.6 is 0 Å². The minimum atomic E-state index is -1.31. The number of carbonyl (C=O) groups is 4. The molecule has 0 saturated carbocycles. The average molecular weight is 491 g/mol. The normalized spacial score (nSPS) is 13.4. The van der Waals surface area contributed by atoms with E-state index < -0.39 is 47.6 Å². The van der Waals surface area contributed by atoms with Crippen LogP contribution in [0.25, 0.3) is 0 Å². The Bertz CT molecular complexity index is 902. The number of nitrogens with zero attached hydrogens (tertiary/aromatic N) is 1. The Balaban J connectivity index is 3.52. The van der Waals surface area contributed by atoms with Crippen molar-refractivity contribution in [1.29, 1.82) is 0 Å². The summed E-state index contributed by atoms with van der Waals surface area (Å²) in [6.45, 7) is 14.8. The number of primary amides is 1. The molecule has 9 nitrogen and oxygen atoms in total. The summed E-state index contributed by atoms with van der Waals surface area (Å²) in [7, 11) is 0. The highest BCUT2D eigenvalue weighted by Gasteiger charge is 2.42. The largest absolute Gasteiger partial charge is 0.444 e. The van der Waals surface area contributed by atoms with Gasteiger partial charge >= 0.3 is 6.09 Å². The number of aryl methyl sites for hydroxylation is 1. The van der Waals surface area contributed by atoms with Gasteiger partial charge < -0.3 is 26.0 Å². The van der Waals surface area contributed by atoms with E-state index in [0.717, 1.165) is 18.4 Å². The molecule has 196 valence electrons. The van der Waals surface area contributed by atoms with E-state index in [9.17, 15) is 19.2 Å². The number of nitrogens with one attached hydrogen (secondary N) is 2. The topological polar surface area (TPSA) is 131 Å². The zero-order valence-corrected chi connectivity index (χ0v) is 22.4. The molecule has 35 heavy (non-hydrogen) atoms. The third kappa shape index (κ3) is 9.96. The van der Waals surface area contributed by atoms with Crippen LogP contribution in [0.15, 0.2) is 24.3 Å². The Hall–Kier alpha value is -3.10. The van der Waals surface area contributed by atoms with E-state index in [-0.39, 0.29) is 5.91 Å². The van der Waals surface area contributed by atoms with E-state index in [1.165, 1.54) is 4.90 Å². The van der Waals surface area contributed by atoms with Crippen LogP contribution < -0.4 is 16.4 Å². The van der Waals surface area contributed by atoms with Crippen LogP contribution in [0.4, 0.5) is 4.79 Å². The highest BCUT2D eigenvalue weighted by molar-refractivity contribution is 5.95. The first-order valence-electron chi connectivity index (χ1n) is 12.0. The van der Waals surface area contributed by atoms with Crippen LogP contribution in [0.1, 0.15) is 84.9 Å². The van der Waals surface area contributed by atoms with Crippen LogP contribution in [-0.4, -0.2) is 52.4 Å². The molecule has 4 N–H and O–H groups in total. The van der Waals surface area contributed by atoms with E-state index in [4.69, 9.17) is 10.5 Å². The number of alkyl carbamates (subject to hydrolysis) is 1. The zero-order valence-electron chi connectivity index (χ0n) is 22.4. The summed E-state index contributed by atoms with van der Waals surface area (Å²) < 4.78 is 5.29. The number of hydrogen-bond donors (Lipinski definition) is 3. The number of nitrogens with two attached hydrogens (primary N) is 1. The van der Waals surface area contributed by atoms with E-state index in [1.54, 1.807) is 47.6 Å². The third-order valence-corrected chi connectivity index (χ3v) is 5.05. The summed E-state index contributed by atoms with van der Waals surface area (Å²) in [6, 6.07) is 5.06. The Morgan fingerprint density at radius 3 is 2.20 bits per heavy atom. The highest BCUT2D eigenvalue weighted by atomic mass is 16.6. The smallest absolute Gasteiger partial charge is 0.408 e. The lowest BCUT2D eigenvalue weighted by Gasteiger charge is -2.43. The molecule has 1 aromatic rings. The summed E-state index contributed by atoms with van der Waals surface area (Å²) in [5, 5.41) is 5.41. The van der Waals surface area contributed by atoms with Gasteiger partial charge in [0.15, 0.2) is 0 Å². The number of amides is 4. The summed E-state index contributed by atoms with van der Waals surface area (Å²) in [5.74, 6) is -1.73. The lowest BCUT2D eigenvalue weighted by Crippen LogP contribution is -2.59. The predicted octanol–water partition coefficient (Wildman–Crippen LogP) is 3.35. The van der Waals surface area contributed by atoms with Gasteiger partial charge in [-0.2, -0.15) is 0 Å². The van der Waals surface area contributed by atoms with Gasteiger partial charge in [-0.1, -0.05) is 43.2 Å². The summed E-state index contributed by atoms with van der Waals surface area (Å²) in [5.41, 5.74) is 5.30. The minimum Gasteiger partial charge on any atom is -0.444 e. The molecule has 2 unspecified atom stereocenters. The van der Waals surface area contributed by atoms with Gasteiger partial charge in [0.25, 0.3) is 0 Å². The lowest BCUT2D eigenvalue weighted by molar-refractivity contribution is -0.149. The molecular weight excluding hydrogens is 448 g/mol. The first kappa shape index (κ1) is 29.9. The van der Waals surface area contributed by atoms with E-state index >= 15 is 0 Å². The van der Waals surface area contributed by atoms with Gasteiger partial charge in [0.05, 0.1) is 6.42 Å². The monoisotopic (exact) mass is 490 g/mol. The highest BCUT2D eigenvalue weighted by Crippen LogP contribution is 2.31. The standard InChI is InChI=1S/C26H42N4O5/c1-9-10-14-28-22(32)21(18-13-11-12-17(2)15-18)30(25(3,4)5)23(33)19(16-20(27)31)29-24(34)35-26(6,7)8/h11-13,15,19,21H,9-10,14,16H2,1-8H3,(H2,27,31)(H,28,32)(H,29,34). The molecule has 1 aromatic carbocycles. The average Bonchev–Trinajstić information content (AvgIpc) is 2.68. The molecule has 0 saturated heterocycles. The molecule has 4 amide bonds. The van der Waals surface area contributed by atoms with Crippen LogP contribution in [0.5, 0.6) is 0 Å². The number of hydrogen-bond acceptors (Lipinski definition) is 5. The van der Waals surface area contributed by atoms with Crippen molar-refractivity contribution < 1.29 is 23.9 Å². The van der Waals surface area contributed by atoms with Gasteiger partial charge in [0, 0.05) is 12.1 Å². The van der Waals surface area contributed by atoms with Crippen LogP contribution in [-0.2, 0) is 19.1 Å². The molecule has 1 rings (SSSR count). The number of rotatable bonds is 10.